The summed E-state index contributed by atoms with van der Waals surface area (Å²) in [7, 11) is 0. The molecule has 0 bridgehead atoms. The zero-order valence-electron chi connectivity index (χ0n) is 14.3. The van der Waals surface area contributed by atoms with Crippen molar-refractivity contribution in [3.05, 3.63) is 49.5 Å². The number of aliphatic imine (C=N–C) groups is 1. The minimum absolute atomic E-state index is 0.0280. The first-order valence-electron chi connectivity index (χ1n) is 7.98. The van der Waals surface area contributed by atoms with Crippen LogP contribution in [0.5, 0.6) is 0 Å². The van der Waals surface area contributed by atoms with Gasteiger partial charge in [0.15, 0.2) is 16.6 Å². The van der Waals surface area contributed by atoms with Crippen molar-refractivity contribution in [1.29, 1.82) is 0 Å². The monoisotopic (exact) mass is 366 g/mol. The summed E-state index contributed by atoms with van der Waals surface area (Å²) in [4.78, 5) is 34.3. The van der Waals surface area contributed by atoms with Crippen LogP contribution in [-0.4, -0.2) is 27.3 Å². The van der Waals surface area contributed by atoms with Crippen molar-refractivity contribution >= 4 is 28.8 Å². The van der Waals surface area contributed by atoms with Crippen molar-refractivity contribution in [2.24, 2.45) is 10.9 Å². The van der Waals surface area contributed by atoms with Gasteiger partial charge in [-0.2, -0.15) is 0 Å². The summed E-state index contributed by atoms with van der Waals surface area (Å²) in [5.74, 6) is -0.300. The molecule has 0 spiro atoms. The lowest BCUT2D eigenvalue weighted by molar-refractivity contribution is 0.578. The second-order valence-electron chi connectivity index (χ2n) is 6.02. The third-order valence-electron chi connectivity index (χ3n) is 3.86. The molecule has 0 aliphatic heterocycles. The molecule has 6 nitrogen and oxygen atoms in total. The average Bonchev–Trinajstić information content (AvgIpc) is 2.57. The van der Waals surface area contributed by atoms with Crippen LogP contribution in [0.15, 0.2) is 32.3 Å². The zero-order valence-corrected chi connectivity index (χ0v) is 15.1. The van der Waals surface area contributed by atoms with Crippen LogP contribution < -0.4 is 11.2 Å². The van der Waals surface area contributed by atoms with Crippen LogP contribution in [0.1, 0.15) is 27.2 Å². The van der Waals surface area contributed by atoms with Gasteiger partial charge in [-0.1, -0.05) is 37.4 Å². The number of hydrogen-bond acceptors (Lipinski definition) is 4. The van der Waals surface area contributed by atoms with E-state index in [1.807, 2.05) is 6.92 Å². The lowest BCUT2D eigenvalue weighted by Crippen LogP contribution is -2.31. The molecule has 0 aliphatic carbocycles. The summed E-state index contributed by atoms with van der Waals surface area (Å²) in [5, 5.41) is -0.414. The quantitative estimate of drug-likeness (QED) is 0.630. The first-order valence-corrected chi connectivity index (χ1v) is 8.35. The van der Waals surface area contributed by atoms with E-state index < -0.39 is 17.1 Å². The second kappa shape index (κ2) is 8.20. The Bertz CT molecular complexity index is 946. The maximum Gasteiger partial charge on any atom is 0.330 e. The first kappa shape index (κ1) is 19.1. The fourth-order valence-corrected chi connectivity index (χ4v) is 2.29. The Kier molecular flexibility index (Phi) is 6.25. The van der Waals surface area contributed by atoms with Crippen molar-refractivity contribution < 1.29 is 4.39 Å². The van der Waals surface area contributed by atoms with Gasteiger partial charge in [0, 0.05) is 12.8 Å². The molecule has 0 saturated heterocycles. The molecule has 1 N–H and O–H groups in total. The number of aromatic amines is 1. The number of aromatic nitrogens is 3. The Morgan fingerprint density at radius 3 is 2.92 bits per heavy atom. The molecule has 0 fully saturated rings. The van der Waals surface area contributed by atoms with Gasteiger partial charge in [-0.3, -0.25) is 19.3 Å². The fraction of sp³-hybridized carbons (Fsp3) is 0.412. The van der Waals surface area contributed by atoms with Crippen molar-refractivity contribution in [2.45, 2.75) is 33.7 Å². The standard InChI is InChI=1S/C17H20ClFN4O2/c1-4-10(2)8-20-6-5-11(3)9-23-15-12(16(24)22-17(23)25)7-13(19)14(18)21-15/h5-7,10H,4,8-9H2,1-3H3,(H,22,24,25)/b11-5-,20-6-. The molecule has 25 heavy (non-hydrogen) atoms. The summed E-state index contributed by atoms with van der Waals surface area (Å²) in [6.45, 7) is 6.96. The van der Waals surface area contributed by atoms with Crippen LogP contribution in [0.25, 0.3) is 11.0 Å². The van der Waals surface area contributed by atoms with E-state index in [4.69, 9.17) is 11.6 Å². The van der Waals surface area contributed by atoms with Gasteiger partial charge in [-0.25, -0.2) is 14.2 Å². The van der Waals surface area contributed by atoms with Crippen molar-refractivity contribution in [2.75, 3.05) is 6.54 Å². The molecule has 2 aromatic heterocycles. The van der Waals surface area contributed by atoms with E-state index >= 15 is 0 Å². The number of halogens is 2. The normalized spacial score (nSPS) is 13.7. The van der Waals surface area contributed by atoms with E-state index in [9.17, 15) is 14.0 Å². The Labute approximate surface area is 149 Å². The predicted octanol–water partition coefficient (Wildman–Crippen LogP) is 2.94. The molecule has 0 radical (unpaired) electrons. The Hall–Kier alpha value is -2.28. The minimum Gasteiger partial charge on any atom is -0.293 e. The number of pyridine rings is 1. The van der Waals surface area contributed by atoms with E-state index in [2.05, 4.69) is 28.8 Å². The molecule has 2 heterocycles. The van der Waals surface area contributed by atoms with E-state index in [0.29, 0.717) is 5.92 Å². The molecule has 0 amide bonds. The number of rotatable bonds is 6. The van der Waals surface area contributed by atoms with E-state index in [-0.39, 0.29) is 22.7 Å². The highest BCUT2D eigenvalue weighted by Gasteiger charge is 2.13. The summed E-state index contributed by atoms with van der Waals surface area (Å²) in [5.41, 5.74) is -0.455. The van der Waals surface area contributed by atoms with Gasteiger partial charge in [-0.05, 0) is 25.0 Å². The summed E-state index contributed by atoms with van der Waals surface area (Å²) in [6, 6.07) is 0.978. The molecular formula is C17H20ClFN4O2. The van der Waals surface area contributed by atoms with Crippen LogP contribution in [0.3, 0.4) is 0 Å². The Morgan fingerprint density at radius 1 is 1.52 bits per heavy atom. The van der Waals surface area contributed by atoms with E-state index in [0.717, 1.165) is 24.6 Å². The summed E-state index contributed by atoms with van der Waals surface area (Å²) in [6.07, 6.45) is 4.54. The highest BCUT2D eigenvalue weighted by atomic mass is 35.5. The second-order valence-corrected chi connectivity index (χ2v) is 6.38. The van der Waals surface area contributed by atoms with Crippen LogP contribution in [0.4, 0.5) is 4.39 Å². The first-order chi connectivity index (χ1) is 11.8. The topological polar surface area (TPSA) is 80.1 Å². The SMILES string of the molecule is CCC(C)C/N=C\C=C(\C)Cn1c(=O)[nH]c(=O)c2cc(F)c(Cl)nc21. The third-order valence-corrected chi connectivity index (χ3v) is 4.13. The predicted molar refractivity (Wildman–Crippen MR) is 98.2 cm³/mol. The summed E-state index contributed by atoms with van der Waals surface area (Å²) >= 11 is 5.70. The number of hydrogen-bond donors (Lipinski definition) is 1. The number of H-pyrrole nitrogens is 1. The van der Waals surface area contributed by atoms with Crippen LogP contribution in [-0.2, 0) is 6.54 Å². The molecule has 134 valence electrons. The van der Waals surface area contributed by atoms with Gasteiger partial charge in [-0.15, -0.1) is 0 Å². The molecule has 0 saturated carbocycles. The summed E-state index contributed by atoms with van der Waals surface area (Å²) < 4.78 is 14.8. The molecular weight excluding hydrogens is 347 g/mol. The number of nitrogens with zero attached hydrogens (tertiary/aromatic N) is 3. The highest BCUT2D eigenvalue weighted by Crippen LogP contribution is 2.16. The van der Waals surface area contributed by atoms with E-state index in [1.165, 1.54) is 4.57 Å². The largest absolute Gasteiger partial charge is 0.330 e. The highest BCUT2D eigenvalue weighted by molar-refractivity contribution is 6.29. The number of fused-ring (bicyclic) bond motifs is 1. The van der Waals surface area contributed by atoms with Crippen molar-refractivity contribution in [3.8, 4) is 0 Å². The van der Waals surface area contributed by atoms with Crippen LogP contribution >= 0.6 is 11.6 Å². The van der Waals surface area contributed by atoms with Gasteiger partial charge in [0.05, 0.1) is 11.9 Å². The molecule has 0 aliphatic rings. The number of allylic oxidation sites excluding steroid dienone is 2. The Morgan fingerprint density at radius 2 is 2.24 bits per heavy atom. The molecule has 1 atom stereocenters. The zero-order chi connectivity index (χ0) is 18.6. The van der Waals surface area contributed by atoms with Gasteiger partial charge in [0.2, 0.25) is 0 Å². The minimum atomic E-state index is -0.811. The lowest BCUT2D eigenvalue weighted by atomic mass is 10.1. The maximum atomic E-state index is 13.6. The van der Waals surface area contributed by atoms with Crippen LogP contribution in [0.2, 0.25) is 5.15 Å². The van der Waals surface area contributed by atoms with Gasteiger partial charge in [0.1, 0.15) is 0 Å². The van der Waals surface area contributed by atoms with Crippen molar-refractivity contribution in [3.63, 3.8) is 0 Å². The third kappa shape index (κ3) is 4.63. The molecule has 0 aromatic carbocycles. The van der Waals surface area contributed by atoms with Gasteiger partial charge in [0.25, 0.3) is 5.56 Å². The number of nitrogens with one attached hydrogen (secondary N) is 1. The molecule has 2 aromatic rings. The maximum absolute atomic E-state index is 13.6. The average molecular weight is 367 g/mol. The molecule has 2 rings (SSSR count). The van der Waals surface area contributed by atoms with Gasteiger partial charge < -0.3 is 0 Å². The molecule has 1 unspecified atom stereocenters. The van der Waals surface area contributed by atoms with E-state index in [1.54, 1.807) is 12.3 Å². The van der Waals surface area contributed by atoms with Crippen LogP contribution in [0, 0.1) is 11.7 Å². The van der Waals surface area contributed by atoms with Crippen molar-refractivity contribution in [1.82, 2.24) is 14.5 Å². The Balaban J connectivity index is 2.36. The molecule has 8 heteroatoms. The van der Waals surface area contributed by atoms with Gasteiger partial charge >= 0.3 is 5.69 Å². The smallest absolute Gasteiger partial charge is 0.293 e. The lowest BCUT2D eigenvalue weighted by Gasteiger charge is -2.09. The fourth-order valence-electron chi connectivity index (χ4n) is 2.16.